The number of hydrogen-bond donors (Lipinski definition) is 3. The van der Waals surface area contributed by atoms with E-state index < -0.39 is 5.79 Å². The third kappa shape index (κ3) is 4.40. The summed E-state index contributed by atoms with van der Waals surface area (Å²) < 4.78 is 5.34. The Hall–Kier alpha value is -2.77. The Labute approximate surface area is 147 Å². The number of ether oxygens (including phenoxy) is 1. The molecule has 1 aromatic heterocycles. The van der Waals surface area contributed by atoms with E-state index in [1.807, 2.05) is 49.4 Å². The van der Waals surface area contributed by atoms with Gasteiger partial charge in [-0.15, -0.1) is 0 Å². The van der Waals surface area contributed by atoms with Gasteiger partial charge in [0.1, 0.15) is 5.84 Å². The fraction of sp³-hybridized carbons (Fsp3) is 0.278. The van der Waals surface area contributed by atoms with Crippen molar-refractivity contribution >= 4 is 17.5 Å². The molecule has 130 valence electrons. The molecular formula is C18H22N6O. The topological polar surface area (TPSA) is 96.9 Å². The van der Waals surface area contributed by atoms with Crippen molar-refractivity contribution in [1.82, 2.24) is 10.3 Å². The minimum Gasteiger partial charge on any atom is -0.382 e. The molecule has 1 aliphatic rings. The summed E-state index contributed by atoms with van der Waals surface area (Å²) in [7, 11) is 1.65. The van der Waals surface area contributed by atoms with Gasteiger partial charge in [-0.1, -0.05) is 30.3 Å². The van der Waals surface area contributed by atoms with Crippen molar-refractivity contribution in [3.63, 3.8) is 0 Å². The molecule has 0 bridgehead atoms. The lowest BCUT2D eigenvalue weighted by atomic mass is 10.1. The summed E-state index contributed by atoms with van der Waals surface area (Å²) in [5.74, 6) is 0.0881. The highest BCUT2D eigenvalue weighted by Gasteiger charge is 2.31. The van der Waals surface area contributed by atoms with E-state index >= 15 is 0 Å². The number of nitrogens with one attached hydrogen (secondary N) is 2. The highest BCUT2D eigenvalue weighted by atomic mass is 16.5. The predicted molar refractivity (Wildman–Crippen MR) is 99.4 cm³/mol. The Morgan fingerprint density at radius 2 is 1.88 bits per heavy atom. The van der Waals surface area contributed by atoms with Gasteiger partial charge in [0.15, 0.2) is 0 Å². The molecule has 7 heteroatoms. The van der Waals surface area contributed by atoms with Crippen molar-refractivity contribution in [2.75, 3.05) is 12.4 Å². The first kappa shape index (κ1) is 17.1. The standard InChI is InChI=1S/C18H22N6O/c1-13(25-2)12-18(19)23-16(14-6-4-3-5-7-14)22-17(24-18)21-15-8-10-20-11-9-15/h3-11,13H,12,19H2,1-2H3,(H2,20,21,22,23,24). The first-order valence-electron chi connectivity index (χ1n) is 8.09. The van der Waals surface area contributed by atoms with Crippen LogP contribution in [0.25, 0.3) is 0 Å². The van der Waals surface area contributed by atoms with Gasteiger partial charge in [-0.25, -0.2) is 9.98 Å². The Balaban J connectivity index is 1.91. The number of anilines is 1. The summed E-state index contributed by atoms with van der Waals surface area (Å²) in [5.41, 5.74) is 8.26. The zero-order valence-corrected chi connectivity index (χ0v) is 14.3. The zero-order valence-electron chi connectivity index (χ0n) is 14.3. The Bertz CT molecular complexity index is 762. The van der Waals surface area contributed by atoms with Crippen LogP contribution in [0.1, 0.15) is 18.9 Å². The maximum Gasteiger partial charge on any atom is 0.210 e. The molecule has 25 heavy (non-hydrogen) atoms. The molecule has 2 atom stereocenters. The smallest absolute Gasteiger partial charge is 0.210 e. The second kappa shape index (κ2) is 7.42. The van der Waals surface area contributed by atoms with Crippen molar-refractivity contribution in [1.29, 1.82) is 0 Å². The van der Waals surface area contributed by atoms with Gasteiger partial charge in [0.2, 0.25) is 11.7 Å². The number of aromatic nitrogens is 1. The van der Waals surface area contributed by atoms with Crippen molar-refractivity contribution in [2.24, 2.45) is 15.7 Å². The summed E-state index contributed by atoms with van der Waals surface area (Å²) in [6.45, 7) is 1.94. The summed E-state index contributed by atoms with van der Waals surface area (Å²) in [6, 6.07) is 13.5. The van der Waals surface area contributed by atoms with Crippen LogP contribution in [0.4, 0.5) is 5.69 Å². The molecule has 0 spiro atoms. The number of nitrogens with two attached hydrogens (primary N) is 1. The summed E-state index contributed by atoms with van der Waals surface area (Å²) in [4.78, 5) is 13.2. The fourth-order valence-electron chi connectivity index (χ4n) is 2.54. The zero-order chi connectivity index (χ0) is 17.7. The molecule has 0 fully saturated rings. The Morgan fingerprint density at radius 1 is 1.16 bits per heavy atom. The highest BCUT2D eigenvalue weighted by Crippen LogP contribution is 2.20. The van der Waals surface area contributed by atoms with Gasteiger partial charge in [0, 0.05) is 37.2 Å². The fourth-order valence-corrected chi connectivity index (χ4v) is 2.54. The van der Waals surface area contributed by atoms with Crippen LogP contribution in [0.2, 0.25) is 0 Å². The van der Waals surface area contributed by atoms with Crippen LogP contribution in [-0.2, 0) is 4.74 Å². The average Bonchev–Trinajstić information content (AvgIpc) is 2.62. The molecule has 2 heterocycles. The molecule has 0 amide bonds. The van der Waals surface area contributed by atoms with E-state index in [9.17, 15) is 0 Å². The van der Waals surface area contributed by atoms with Gasteiger partial charge in [-0.05, 0) is 19.1 Å². The number of methoxy groups -OCH3 is 1. The molecule has 0 aliphatic carbocycles. The van der Waals surface area contributed by atoms with Gasteiger partial charge >= 0.3 is 0 Å². The predicted octanol–water partition coefficient (Wildman–Crippen LogP) is 1.94. The molecule has 0 saturated carbocycles. The normalized spacial score (nSPS) is 20.9. The van der Waals surface area contributed by atoms with Crippen molar-refractivity contribution < 1.29 is 4.74 Å². The highest BCUT2D eigenvalue weighted by molar-refractivity contribution is 6.13. The first-order valence-corrected chi connectivity index (χ1v) is 8.09. The van der Waals surface area contributed by atoms with Crippen LogP contribution in [-0.4, -0.2) is 35.8 Å². The van der Waals surface area contributed by atoms with E-state index in [2.05, 4.69) is 25.6 Å². The number of aliphatic imine (C=N–C) groups is 2. The van der Waals surface area contributed by atoms with Gasteiger partial charge in [-0.3, -0.25) is 10.7 Å². The van der Waals surface area contributed by atoms with E-state index in [0.717, 1.165) is 11.3 Å². The lowest BCUT2D eigenvalue weighted by Gasteiger charge is -2.30. The summed E-state index contributed by atoms with van der Waals surface area (Å²) in [6.07, 6.45) is 3.80. The van der Waals surface area contributed by atoms with Crippen molar-refractivity contribution in [3.05, 3.63) is 60.4 Å². The van der Waals surface area contributed by atoms with Crippen LogP contribution in [0, 0.1) is 0 Å². The largest absolute Gasteiger partial charge is 0.382 e. The van der Waals surface area contributed by atoms with E-state index in [1.165, 1.54) is 0 Å². The second-order valence-corrected chi connectivity index (χ2v) is 5.90. The quantitative estimate of drug-likeness (QED) is 0.774. The van der Waals surface area contributed by atoms with Gasteiger partial charge in [0.05, 0.1) is 6.10 Å². The minimum atomic E-state index is -1.11. The number of pyridine rings is 1. The Morgan fingerprint density at radius 3 is 2.56 bits per heavy atom. The molecule has 3 rings (SSSR count). The number of rotatable bonds is 5. The van der Waals surface area contributed by atoms with Gasteiger partial charge < -0.3 is 15.4 Å². The van der Waals surface area contributed by atoms with Crippen molar-refractivity contribution in [3.8, 4) is 0 Å². The third-order valence-electron chi connectivity index (χ3n) is 3.83. The summed E-state index contributed by atoms with van der Waals surface area (Å²) in [5, 5.41) is 6.44. The minimum absolute atomic E-state index is 0.0743. The first-order chi connectivity index (χ1) is 12.1. The molecule has 2 unspecified atom stereocenters. The number of hydrogen-bond acceptors (Lipinski definition) is 7. The monoisotopic (exact) mass is 338 g/mol. The second-order valence-electron chi connectivity index (χ2n) is 5.90. The van der Waals surface area contributed by atoms with Crippen LogP contribution in [0.5, 0.6) is 0 Å². The molecule has 7 nitrogen and oxygen atoms in total. The molecule has 0 radical (unpaired) electrons. The van der Waals surface area contributed by atoms with E-state index in [0.29, 0.717) is 18.2 Å². The average molecular weight is 338 g/mol. The summed E-state index contributed by atoms with van der Waals surface area (Å²) >= 11 is 0. The van der Waals surface area contributed by atoms with Crippen LogP contribution >= 0.6 is 0 Å². The molecule has 1 aromatic carbocycles. The maximum atomic E-state index is 6.46. The molecule has 2 aromatic rings. The molecule has 1 aliphatic heterocycles. The molecular weight excluding hydrogens is 316 g/mol. The number of nitrogens with zero attached hydrogens (tertiary/aromatic N) is 3. The molecule has 4 N–H and O–H groups in total. The maximum absolute atomic E-state index is 6.46. The van der Waals surface area contributed by atoms with Crippen LogP contribution < -0.4 is 16.4 Å². The van der Waals surface area contributed by atoms with E-state index in [1.54, 1.807) is 19.5 Å². The van der Waals surface area contributed by atoms with Crippen LogP contribution in [0.15, 0.2) is 64.8 Å². The van der Waals surface area contributed by atoms with Crippen molar-refractivity contribution in [2.45, 2.75) is 25.2 Å². The van der Waals surface area contributed by atoms with Gasteiger partial charge in [0.25, 0.3) is 0 Å². The Kier molecular flexibility index (Phi) is 5.06. The van der Waals surface area contributed by atoms with E-state index in [4.69, 9.17) is 10.5 Å². The molecule has 0 saturated heterocycles. The SMILES string of the molecule is COC(C)CC1(N)N=C(Nc2ccncc2)NC(c2ccccc2)=N1. The number of guanidine groups is 1. The van der Waals surface area contributed by atoms with Gasteiger partial charge in [-0.2, -0.15) is 0 Å². The third-order valence-corrected chi connectivity index (χ3v) is 3.83. The number of amidine groups is 1. The lowest BCUT2D eigenvalue weighted by molar-refractivity contribution is 0.0905. The lowest BCUT2D eigenvalue weighted by Crippen LogP contribution is -2.51. The number of benzene rings is 1. The van der Waals surface area contributed by atoms with E-state index in [-0.39, 0.29) is 6.10 Å². The van der Waals surface area contributed by atoms with Crippen LogP contribution in [0.3, 0.4) is 0 Å².